The lowest BCUT2D eigenvalue weighted by molar-refractivity contribution is 0.0956. The molecule has 0 aliphatic rings. The van der Waals surface area contributed by atoms with Crippen LogP contribution in [0, 0.1) is 19.7 Å². The Morgan fingerprint density at radius 3 is 2.57 bits per heavy atom. The minimum atomic E-state index is -0.181. The van der Waals surface area contributed by atoms with Crippen molar-refractivity contribution in [1.29, 1.82) is 0 Å². The maximum absolute atomic E-state index is 13.6. The highest BCUT2D eigenvalue weighted by Gasteiger charge is 2.07. The number of aromatic nitrogens is 2. The lowest BCUT2D eigenvalue weighted by Gasteiger charge is -2.08. The Kier molecular flexibility index (Phi) is 6.87. The third-order valence-corrected chi connectivity index (χ3v) is 5.41. The van der Waals surface area contributed by atoms with Crippen LogP contribution in [-0.2, 0) is 12.3 Å². The van der Waals surface area contributed by atoms with Gasteiger partial charge in [-0.25, -0.2) is 4.39 Å². The molecule has 1 aromatic heterocycles. The molecule has 0 fully saturated rings. The van der Waals surface area contributed by atoms with Crippen LogP contribution in [0.3, 0.4) is 0 Å². The predicted molar refractivity (Wildman–Crippen MR) is 112 cm³/mol. The van der Waals surface area contributed by atoms with E-state index >= 15 is 0 Å². The second kappa shape index (κ2) is 9.55. The summed E-state index contributed by atoms with van der Waals surface area (Å²) in [5.74, 6) is 1.06. The zero-order valence-corrected chi connectivity index (χ0v) is 16.9. The lowest BCUT2D eigenvalue weighted by atomic mass is 10.1. The van der Waals surface area contributed by atoms with Crippen LogP contribution in [0.5, 0.6) is 0 Å². The first-order valence-corrected chi connectivity index (χ1v) is 10.4. The van der Waals surface area contributed by atoms with Crippen molar-refractivity contribution in [2.75, 3.05) is 12.3 Å². The summed E-state index contributed by atoms with van der Waals surface area (Å²) < 4.78 is 15.5. The van der Waals surface area contributed by atoms with Gasteiger partial charge in [-0.15, -0.1) is 0 Å². The molecule has 0 aliphatic carbocycles. The van der Waals surface area contributed by atoms with Gasteiger partial charge in [0.15, 0.2) is 0 Å². The van der Waals surface area contributed by atoms with E-state index in [1.807, 2.05) is 54.9 Å². The Balaban J connectivity index is 1.43. The number of hydrogen-bond acceptors (Lipinski definition) is 3. The average Bonchev–Trinajstić information content (AvgIpc) is 3.00. The van der Waals surface area contributed by atoms with Crippen molar-refractivity contribution in [3.8, 4) is 0 Å². The molecule has 1 amide bonds. The highest BCUT2D eigenvalue weighted by molar-refractivity contribution is 7.98. The number of aryl methyl sites for hydroxylation is 2. The number of nitrogens with zero attached hydrogens (tertiary/aromatic N) is 2. The molecule has 0 aliphatic heterocycles. The van der Waals surface area contributed by atoms with Crippen LogP contribution in [0.4, 0.5) is 4.39 Å². The molecule has 0 radical (unpaired) electrons. The number of carbonyl (C=O) groups is 1. The smallest absolute Gasteiger partial charge is 0.251 e. The average molecular weight is 398 g/mol. The van der Waals surface area contributed by atoms with Crippen LogP contribution in [-0.4, -0.2) is 28.0 Å². The fraction of sp³-hybridized carbons (Fsp3) is 0.273. The minimum Gasteiger partial charge on any atom is -0.351 e. The van der Waals surface area contributed by atoms with Crippen molar-refractivity contribution in [2.24, 2.45) is 0 Å². The maximum atomic E-state index is 13.6. The maximum Gasteiger partial charge on any atom is 0.251 e. The fourth-order valence-corrected chi connectivity index (χ4v) is 3.75. The molecule has 2 aromatic carbocycles. The van der Waals surface area contributed by atoms with E-state index in [1.54, 1.807) is 23.9 Å². The van der Waals surface area contributed by atoms with Gasteiger partial charge in [-0.1, -0.05) is 30.3 Å². The summed E-state index contributed by atoms with van der Waals surface area (Å²) in [7, 11) is 0. The Morgan fingerprint density at radius 1 is 1.14 bits per heavy atom. The zero-order valence-electron chi connectivity index (χ0n) is 16.1. The summed E-state index contributed by atoms with van der Waals surface area (Å²) in [4.78, 5) is 12.3. The molecule has 0 atom stereocenters. The number of halogens is 1. The fourth-order valence-electron chi connectivity index (χ4n) is 2.91. The van der Waals surface area contributed by atoms with E-state index in [-0.39, 0.29) is 11.7 Å². The zero-order chi connectivity index (χ0) is 19.9. The van der Waals surface area contributed by atoms with Gasteiger partial charge >= 0.3 is 0 Å². The molecule has 3 aromatic rings. The first-order chi connectivity index (χ1) is 13.5. The van der Waals surface area contributed by atoms with Crippen LogP contribution in [0.15, 0.2) is 54.6 Å². The third kappa shape index (κ3) is 5.45. The summed E-state index contributed by atoms with van der Waals surface area (Å²) in [5.41, 5.74) is 4.55. The van der Waals surface area contributed by atoms with E-state index < -0.39 is 0 Å². The Bertz CT molecular complexity index is 937. The number of nitrogens with one attached hydrogen (secondary N) is 1. The molecular weight excluding hydrogens is 373 g/mol. The summed E-state index contributed by atoms with van der Waals surface area (Å²) >= 11 is 1.60. The SMILES string of the molecule is Cc1cc(C)n(Cc2ccc(C(=O)NCCSCc3ccccc3F)cc2)n1. The summed E-state index contributed by atoms with van der Waals surface area (Å²) in [6.45, 7) is 5.25. The molecular formula is C22H24FN3OS. The normalized spacial score (nSPS) is 10.8. The number of amides is 1. The highest BCUT2D eigenvalue weighted by atomic mass is 32.2. The van der Waals surface area contributed by atoms with E-state index in [1.165, 1.54) is 6.07 Å². The molecule has 28 heavy (non-hydrogen) atoms. The molecule has 0 unspecified atom stereocenters. The van der Waals surface area contributed by atoms with Crippen molar-refractivity contribution in [1.82, 2.24) is 15.1 Å². The third-order valence-electron chi connectivity index (χ3n) is 4.40. The van der Waals surface area contributed by atoms with Gasteiger partial charge in [0, 0.05) is 29.3 Å². The van der Waals surface area contributed by atoms with E-state index in [9.17, 15) is 9.18 Å². The Labute approximate surface area is 169 Å². The van der Waals surface area contributed by atoms with Gasteiger partial charge in [0.05, 0.1) is 12.2 Å². The number of thioether (sulfide) groups is 1. The number of rotatable bonds is 8. The van der Waals surface area contributed by atoms with Gasteiger partial charge in [-0.05, 0) is 49.2 Å². The Morgan fingerprint density at radius 2 is 1.89 bits per heavy atom. The number of hydrogen-bond donors (Lipinski definition) is 1. The summed E-state index contributed by atoms with van der Waals surface area (Å²) in [6, 6.07) is 16.4. The van der Waals surface area contributed by atoms with Crippen molar-refractivity contribution >= 4 is 17.7 Å². The number of carbonyl (C=O) groups excluding carboxylic acids is 1. The molecule has 146 valence electrons. The molecule has 0 saturated heterocycles. The van der Waals surface area contributed by atoms with Gasteiger partial charge in [-0.2, -0.15) is 16.9 Å². The van der Waals surface area contributed by atoms with Crippen LogP contribution in [0.25, 0.3) is 0 Å². The van der Waals surface area contributed by atoms with Crippen LogP contribution in [0.1, 0.15) is 32.9 Å². The minimum absolute atomic E-state index is 0.0934. The topological polar surface area (TPSA) is 46.9 Å². The molecule has 0 saturated carbocycles. The lowest BCUT2D eigenvalue weighted by Crippen LogP contribution is -2.25. The molecule has 3 rings (SSSR count). The molecule has 4 nitrogen and oxygen atoms in total. The molecule has 0 bridgehead atoms. The second-order valence-electron chi connectivity index (χ2n) is 6.68. The molecule has 1 heterocycles. The van der Waals surface area contributed by atoms with Gasteiger partial charge in [-0.3, -0.25) is 9.48 Å². The van der Waals surface area contributed by atoms with Gasteiger partial charge in [0.1, 0.15) is 5.82 Å². The largest absolute Gasteiger partial charge is 0.351 e. The first kappa shape index (κ1) is 20.1. The summed E-state index contributed by atoms with van der Waals surface area (Å²) in [6.07, 6.45) is 0. The molecule has 6 heteroatoms. The van der Waals surface area contributed by atoms with E-state index in [0.29, 0.717) is 30.0 Å². The first-order valence-electron chi connectivity index (χ1n) is 9.22. The molecule has 1 N–H and O–H groups in total. The van der Waals surface area contributed by atoms with Crippen molar-refractivity contribution in [2.45, 2.75) is 26.1 Å². The van der Waals surface area contributed by atoms with E-state index in [2.05, 4.69) is 10.4 Å². The van der Waals surface area contributed by atoms with Gasteiger partial charge in [0.2, 0.25) is 0 Å². The van der Waals surface area contributed by atoms with Gasteiger partial charge in [0.25, 0.3) is 5.91 Å². The Hall–Kier alpha value is -2.60. The van der Waals surface area contributed by atoms with Crippen LogP contribution >= 0.6 is 11.8 Å². The van der Waals surface area contributed by atoms with E-state index in [0.717, 1.165) is 22.7 Å². The van der Waals surface area contributed by atoms with E-state index in [4.69, 9.17) is 0 Å². The predicted octanol–water partition coefficient (Wildman–Crippen LogP) is 4.35. The highest BCUT2D eigenvalue weighted by Crippen LogP contribution is 2.15. The standard InChI is InChI=1S/C22H24FN3OS/c1-16-13-17(2)26(25-16)14-18-7-9-19(10-8-18)22(27)24-11-12-28-15-20-5-3-4-6-21(20)23/h3-10,13H,11-12,14-15H2,1-2H3,(H,24,27). The van der Waals surface area contributed by atoms with Crippen LogP contribution in [0.2, 0.25) is 0 Å². The van der Waals surface area contributed by atoms with Crippen molar-refractivity contribution in [3.05, 3.63) is 88.5 Å². The van der Waals surface area contributed by atoms with Gasteiger partial charge < -0.3 is 5.32 Å². The van der Waals surface area contributed by atoms with Crippen LogP contribution < -0.4 is 5.32 Å². The van der Waals surface area contributed by atoms with Crippen molar-refractivity contribution < 1.29 is 9.18 Å². The summed E-state index contributed by atoms with van der Waals surface area (Å²) in [5, 5.41) is 7.37. The monoisotopic (exact) mass is 397 g/mol. The van der Waals surface area contributed by atoms with Crippen molar-refractivity contribution in [3.63, 3.8) is 0 Å². The quantitative estimate of drug-likeness (QED) is 0.575. The number of benzene rings is 2. The second-order valence-corrected chi connectivity index (χ2v) is 7.79. The molecule has 0 spiro atoms.